The third-order valence-electron chi connectivity index (χ3n) is 3.72. The monoisotopic (exact) mass is 206 g/mol. The van der Waals surface area contributed by atoms with E-state index in [0.717, 1.165) is 29.7 Å². The van der Waals surface area contributed by atoms with Crippen LogP contribution in [0.15, 0.2) is 18.2 Å². The van der Waals surface area contributed by atoms with Crippen LogP contribution in [0.1, 0.15) is 25.8 Å². The molecule has 2 unspecified atom stereocenters. The minimum atomic E-state index is -0.0338. The van der Waals surface area contributed by atoms with Gasteiger partial charge in [0.1, 0.15) is 0 Å². The Hall–Kier alpha value is -1.18. The number of hydrogen-bond acceptors (Lipinski definition) is 2. The molecule has 1 aromatic carbocycles. The molecule has 0 aliphatic heterocycles. The highest BCUT2D eigenvalue weighted by Gasteiger charge is 2.34. The highest BCUT2D eigenvalue weighted by atomic mass is 16.3. The fourth-order valence-electron chi connectivity index (χ4n) is 2.67. The molecule has 0 amide bonds. The summed E-state index contributed by atoms with van der Waals surface area (Å²) in [5.74, 6) is 2.27. The third kappa shape index (κ3) is 1.94. The van der Waals surface area contributed by atoms with E-state index < -0.39 is 0 Å². The van der Waals surface area contributed by atoms with E-state index in [1.54, 1.807) is 12.1 Å². The van der Waals surface area contributed by atoms with Crippen molar-refractivity contribution in [2.24, 2.45) is 17.8 Å². The molecule has 2 rings (SSSR count). The van der Waals surface area contributed by atoms with Crippen LogP contribution in [0.4, 0.5) is 0 Å². The molecule has 0 bridgehead atoms. The Labute approximate surface area is 90.6 Å². The summed E-state index contributed by atoms with van der Waals surface area (Å²) in [5.41, 5.74) is 1.12. The van der Waals surface area contributed by atoms with Crippen LogP contribution < -0.4 is 0 Å². The average Bonchev–Trinajstić information content (AvgIpc) is 2.20. The first-order valence-corrected chi connectivity index (χ1v) is 5.58. The van der Waals surface area contributed by atoms with Crippen molar-refractivity contribution in [3.63, 3.8) is 0 Å². The zero-order valence-electron chi connectivity index (χ0n) is 9.27. The second-order valence-corrected chi connectivity index (χ2v) is 4.88. The summed E-state index contributed by atoms with van der Waals surface area (Å²) in [6.45, 7) is 4.57. The molecule has 1 aliphatic rings. The second kappa shape index (κ2) is 3.76. The van der Waals surface area contributed by atoms with E-state index in [4.69, 9.17) is 0 Å². The first kappa shape index (κ1) is 10.3. The minimum Gasteiger partial charge on any atom is -0.504 e. The summed E-state index contributed by atoms with van der Waals surface area (Å²) in [4.78, 5) is 0. The summed E-state index contributed by atoms with van der Waals surface area (Å²) in [6, 6.07) is 5.14. The van der Waals surface area contributed by atoms with Crippen LogP contribution in [0.3, 0.4) is 0 Å². The summed E-state index contributed by atoms with van der Waals surface area (Å²) >= 11 is 0. The lowest BCUT2D eigenvalue weighted by Crippen LogP contribution is -2.34. The predicted molar refractivity (Wildman–Crippen MR) is 59.9 cm³/mol. The zero-order chi connectivity index (χ0) is 11.0. The molecule has 1 aliphatic carbocycles. The van der Waals surface area contributed by atoms with Gasteiger partial charge < -0.3 is 10.2 Å². The summed E-state index contributed by atoms with van der Waals surface area (Å²) in [7, 11) is 0. The van der Waals surface area contributed by atoms with Gasteiger partial charge in [-0.25, -0.2) is 0 Å². The molecule has 2 heteroatoms. The SMILES string of the molecule is CC1CC(C)C1Cc1ccc(O)c(O)c1. The largest absolute Gasteiger partial charge is 0.504 e. The maximum absolute atomic E-state index is 9.39. The Morgan fingerprint density at radius 1 is 1.13 bits per heavy atom. The molecule has 1 fully saturated rings. The van der Waals surface area contributed by atoms with Gasteiger partial charge in [0.15, 0.2) is 11.5 Å². The predicted octanol–water partition coefficient (Wildman–Crippen LogP) is 2.93. The van der Waals surface area contributed by atoms with E-state index in [-0.39, 0.29) is 11.5 Å². The van der Waals surface area contributed by atoms with Crippen LogP contribution in [-0.4, -0.2) is 10.2 Å². The van der Waals surface area contributed by atoms with Gasteiger partial charge in [0.2, 0.25) is 0 Å². The fraction of sp³-hybridized carbons (Fsp3) is 0.538. The fourth-order valence-corrected chi connectivity index (χ4v) is 2.67. The van der Waals surface area contributed by atoms with Crippen LogP contribution in [-0.2, 0) is 6.42 Å². The standard InChI is InChI=1S/C13H18O2/c1-8-5-9(2)11(8)6-10-3-4-12(14)13(15)7-10/h3-4,7-9,11,14-15H,5-6H2,1-2H3. The van der Waals surface area contributed by atoms with Gasteiger partial charge in [0.25, 0.3) is 0 Å². The molecular formula is C13H18O2. The zero-order valence-corrected chi connectivity index (χ0v) is 9.27. The number of phenols is 2. The van der Waals surface area contributed by atoms with Crippen molar-refractivity contribution in [2.45, 2.75) is 26.7 Å². The number of aromatic hydroxyl groups is 2. The van der Waals surface area contributed by atoms with Gasteiger partial charge in [-0.1, -0.05) is 19.9 Å². The van der Waals surface area contributed by atoms with Gasteiger partial charge in [-0.05, 0) is 48.3 Å². The van der Waals surface area contributed by atoms with E-state index in [9.17, 15) is 10.2 Å². The number of rotatable bonds is 2. The van der Waals surface area contributed by atoms with E-state index in [1.165, 1.54) is 6.42 Å². The molecule has 82 valence electrons. The Kier molecular flexibility index (Phi) is 2.59. The smallest absolute Gasteiger partial charge is 0.157 e. The van der Waals surface area contributed by atoms with Crippen LogP contribution in [0, 0.1) is 17.8 Å². The molecule has 0 heterocycles. The van der Waals surface area contributed by atoms with Crippen molar-refractivity contribution in [3.05, 3.63) is 23.8 Å². The van der Waals surface area contributed by atoms with Gasteiger partial charge in [-0.2, -0.15) is 0 Å². The quantitative estimate of drug-likeness (QED) is 0.730. The van der Waals surface area contributed by atoms with Crippen molar-refractivity contribution < 1.29 is 10.2 Å². The van der Waals surface area contributed by atoms with Crippen LogP contribution in [0.2, 0.25) is 0 Å². The number of phenolic OH excluding ortho intramolecular Hbond substituents is 2. The third-order valence-corrected chi connectivity index (χ3v) is 3.72. The molecule has 0 saturated heterocycles. The Balaban J connectivity index is 2.08. The highest BCUT2D eigenvalue weighted by molar-refractivity contribution is 5.40. The van der Waals surface area contributed by atoms with E-state index >= 15 is 0 Å². The normalized spacial score (nSPS) is 29.9. The van der Waals surface area contributed by atoms with E-state index in [2.05, 4.69) is 13.8 Å². The molecule has 0 radical (unpaired) electrons. The molecule has 2 atom stereocenters. The lowest BCUT2D eigenvalue weighted by molar-refractivity contribution is 0.102. The maximum Gasteiger partial charge on any atom is 0.157 e. The molecule has 1 saturated carbocycles. The van der Waals surface area contributed by atoms with Crippen molar-refractivity contribution >= 4 is 0 Å². The Bertz CT molecular complexity index is 352. The van der Waals surface area contributed by atoms with Gasteiger partial charge in [0.05, 0.1) is 0 Å². The van der Waals surface area contributed by atoms with E-state index in [1.807, 2.05) is 6.07 Å². The van der Waals surface area contributed by atoms with Gasteiger partial charge >= 0.3 is 0 Å². The molecule has 2 N–H and O–H groups in total. The van der Waals surface area contributed by atoms with Gasteiger partial charge in [0, 0.05) is 0 Å². The van der Waals surface area contributed by atoms with Gasteiger partial charge in [-0.15, -0.1) is 0 Å². The van der Waals surface area contributed by atoms with Crippen LogP contribution in [0.5, 0.6) is 11.5 Å². The van der Waals surface area contributed by atoms with Crippen molar-refractivity contribution in [2.75, 3.05) is 0 Å². The second-order valence-electron chi connectivity index (χ2n) is 4.88. The Morgan fingerprint density at radius 2 is 1.80 bits per heavy atom. The lowest BCUT2D eigenvalue weighted by Gasteiger charge is -2.41. The van der Waals surface area contributed by atoms with Crippen molar-refractivity contribution in [1.82, 2.24) is 0 Å². The van der Waals surface area contributed by atoms with Crippen LogP contribution >= 0.6 is 0 Å². The van der Waals surface area contributed by atoms with Crippen LogP contribution in [0.25, 0.3) is 0 Å². The first-order chi connectivity index (χ1) is 7.08. The minimum absolute atomic E-state index is 0.00729. The lowest BCUT2D eigenvalue weighted by atomic mass is 9.64. The van der Waals surface area contributed by atoms with Gasteiger partial charge in [-0.3, -0.25) is 0 Å². The molecule has 2 nitrogen and oxygen atoms in total. The molecule has 0 aromatic heterocycles. The summed E-state index contributed by atoms with van der Waals surface area (Å²) in [6.07, 6.45) is 2.32. The number of benzene rings is 1. The Morgan fingerprint density at radius 3 is 2.33 bits per heavy atom. The molecular weight excluding hydrogens is 188 g/mol. The molecule has 15 heavy (non-hydrogen) atoms. The van der Waals surface area contributed by atoms with E-state index in [0.29, 0.717) is 0 Å². The maximum atomic E-state index is 9.39. The first-order valence-electron chi connectivity index (χ1n) is 5.58. The topological polar surface area (TPSA) is 40.5 Å². The summed E-state index contributed by atoms with van der Waals surface area (Å²) < 4.78 is 0. The average molecular weight is 206 g/mol. The highest BCUT2D eigenvalue weighted by Crippen LogP contribution is 2.42. The summed E-state index contributed by atoms with van der Waals surface area (Å²) in [5, 5.41) is 18.6. The number of hydrogen-bond donors (Lipinski definition) is 2. The van der Waals surface area contributed by atoms with Crippen molar-refractivity contribution in [3.8, 4) is 11.5 Å². The van der Waals surface area contributed by atoms with Crippen molar-refractivity contribution in [1.29, 1.82) is 0 Å². The molecule has 1 aromatic rings. The molecule has 0 spiro atoms.